The maximum atomic E-state index is 12.5. The Labute approximate surface area is 124 Å². The third-order valence-electron chi connectivity index (χ3n) is 4.64. The molecule has 108 valence electrons. The first-order chi connectivity index (χ1) is 10.3. The Morgan fingerprint density at radius 1 is 1.10 bits per heavy atom. The summed E-state index contributed by atoms with van der Waals surface area (Å²) in [6.07, 6.45) is 6.11. The molecule has 0 saturated heterocycles. The van der Waals surface area contributed by atoms with E-state index in [9.17, 15) is 4.79 Å². The molecule has 1 saturated carbocycles. The summed E-state index contributed by atoms with van der Waals surface area (Å²) >= 11 is 0. The Kier molecular flexibility index (Phi) is 3.13. The third kappa shape index (κ3) is 2.65. The first-order valence-electron chi connectivity index (χ1n) is 7.84. The van der Waals surface area contributed by atoms with Gasteiger partial charge in [0.15, 0.2) is 11.5 Å². The molecule has 2 aromatic rings. The standard InChI is InChI=1S/C18H19NO2/c20-16-10-14(8-13-6-7-13)9-15-18(16)17(21-19-15)11-12-4-2-1-3-5-12/h1-5,13-14H,6-11H2. The summed E-state index contributed by atoms with van der Waals surface area (Å²) in [6.45, 7) is 0. The summed E-state index contributed by atoms with van der Waals surface area (Å²) in [5.41, 5.74) is 2.82. The van der Waals surface area contributed by atoms with Crippen LogP contribution in [-0.2, 0) is 12.8 Å². The van der Waals surface area contributed by atoms with Gasteiger partial charge in [-0.1, -0.05) is 48.3 Å². The van der Waals surface area contributed by atoms with Crippen molar-refractivity contribution in [2.45, 2.75) is 38.5 Å². The second-order valence-corrected chi connectivity index (χ2v) is 6.47. The molecule has 2 aliphatic rings. The van der Waals surface area contributed by atoms with E-state index in [0.29, 0.717) is 18.8 Å². The lowest BCUT2D eigenvalue weighted by atomic mass is 9.82. The van der Waals surface area contributed by atoms with Crippen LogP contribution in [0, 0.1) is 11.8 Å². The number of rotatable bonds is 4. The molecule has 1 heterocycles. The molecule has 0 radical (unpaired) electrons. The van der Waals surface area contributed by atoms with Crippen molar-refractivity contribution < 1.29 is 9.32 Å². The Morgan fingerprint density at radius 2 is 1.90 bits per heavy atom. The van der Waals surface area contributed by atoms with Crippen LogP contribution in [0.5, 0.6) is 0 Å². The molecule has 1 fully saturated rings. The van der Waals surface area contributed by atoms with Gasteiger partial charge in [0, 0.05) is 12.8 Å². The number of ketones is 1. The molecular weight excluding hydrogens is 262 g/mol. The van der Waals surface area contributed by atoms with E-state index in [0.717, 1.165) is 34.9 Å². The fourth-order valence-corrected chi connectivity index (χ4v) is 3.42. The van der Waals surface area contributed by atoms with E-state index in [1.54, 1.807) is 0 Å². The minimum Gasteiger partial charge on any atom is -0.360 e. The van der Waals surface area contributed by atoms with Gasteiger partial charge in [-0.3, -0.25) is 4.79 Å². The molecule has 0 spiro atoms. The van der Waals surface area contributed by atoms with Crippen molar-refractivity contribution >= 4 is 5.78 Å². The van der Waals surface area contributed by atoms with Gasteiger partial charge in [0.25, 0.3) is 0 Å². The van der Waals surface area contributed by atoms with Crippen molar-refractivity contribution in [2.24, 2.45) is 11.8 Å². The Hall–Kier alpha value is -1.90. The number of hydrogen-bond donors (Lipinski definition) is 0. The third-order valence-corrected chi connectivity index (χ3v) is 4.64. The van der Waals surface area contributed by atoms with Gasteiger partial charge in [0.05, 0.1) is 11.3 Å². The van der Waals surface area contributed by atoms with E-state index in [1.165, 1.54) is 19.3 Å². The fourth-order valence-electron chi connectivity index (χ4n) is 3.42. The van der Waals surface area contributed by atoms with E-state index in [-0.39, 0.29) is 5.78 Å². The van der Waals surface area contributed by atoms with Crippen LogP contribution in [0.25, 0.3) is 0 Å². The lowest BCUT2D eigenvalue weighted by Gasteiger charge is -2.19. The molecular formula is C18H19NO2. The molecule has 3 heteroatoms. The van der Waals surface area contributed by atoms with Crippen LogP contribution in [0.3, 0.4) is 0 Å². The molecule has 1 aromatic heterocycles. The average molecular weight is 281 g/mol. The lowest BCUT2D eigenvalue weighted by Crippen LogP contribution is -2.21. The Morgan fingerprint density at radius 3 is 2.67 bits per heavy atom. The molecule has 0 amide bonds. The zero-order valence-electron chi connectivity index (χ0n) is 12.0. The smallest absolute Gasteiger partial charge is 0.168 e. The molecule has 0 aliphatic heterocycles. The zero-order valence-corrected chi connectivity index (χ0v) is 12.0. The predicted octanol–water partition coefficient (Wildman–Crippen LogP) is 3.81. The highest BCUT2D eigenvalue weighted by Gasteiger charge is 2.34. The molecule has 1 atom stereocenters. The van der Waals surface area contributed by atoms with Gasteiger partial charge in [-0.15, -0.1) is 0 Å². The van der Waals surface area contributed by atoms with Gasteiger partial charge in [-0.2, -0.15) is 0 Å². The zero-order chi connectivity index (χ0) is 14.2. The molecule has 0 bridgehead atoms. The molecule has 1 aromatic carbocycles. The van der Waals surface area contributed by atoms with Crippen LogP contribution in [0.15, 0.2) is 34.9 Å². The predicted molar refractivity (Wildman–Crippen MR) is 79.2 cm³/mol. The number of Topliss-reactive ketones (excluding diaryl/α,β-unsaturated/α-hetero) is 1. The lowest BCUT2D eigenvalue weighted by molar-refractivity contribution is 0.0943. The summed E-state index contributed by atoms with van der Waals surface area (Å²) < 4.78 is 5.49. The largest absolute Gasteiger partial charge is 0.360 e. The Bertz CT molecular complexity index is 655. The number of benzene rings is 1. The molecule has 0 N–H and O–H groups in total. The van der Waals surface area contributed by atoms with Gasteiger partial charge in [0.2, 0.25) is 0 Å². The number of hydrogen-bond acceptors (Lipinski definition) is 3. The first kappa shape index (κ1) is 12.8. The SMILES string of the molecule is O=C1CC(CC2CC2)Cc2noc(Cc3ccccc3)c21. The summed E-state index contributed by atoms with van der Waals surface area (Å²) in [7, 11) is 0. The molecule has 3 nitrogen and oxygen atoms in total. The maximum absolute atomic E-state index is 12.5. The summed E-state index contributed by atoms with van der Waals surface area (Å²) in [5.74, 6) is 2.31. The van der Waals surface area contributed by atoms with E-state index in [2.05, 4.69) is 17.3 Å². The quantitative estimate of drug-likeness (QED) is 0.856. The van der Waals surface area contributed by atoms with Gasteiger partial charge in [-0.25, -0.2) is 0 Å². The van der Waals surface area contributed by atoms with Gasteiger partial charge >= 0.3 is 0 Å². The molecule has 1 unspecified atom stereocenters. The van der Waals surface area contributed by atoms with Crippen molar-refractivity contribution in [2.75, 3.05) is 0 Å². The summed E-state index contributed by atoms with van der Waals surface area (Å²) in [6, 6.07) is 10.1. The highest BCUT2D eigenvalue weighted by atomic mass is 16.5. The fraction of sp³-hybridized carbons (Fsp3) is 0.444. The van der Waals surface area contributed by atoms with Crippen molar-refractivity contribution in [1.82, 2.24) is 5.16 Å². The van der Waals surface area contributed by atoms with Crippen LogP contribution < -0.4 is 0 Å². The minimum atomic E-state index is 0.231. The first-order valence-corrected chi connectivity index (χ1v) is 7.84. The van der Waals surface area contributed by atoms with E-state index in [1.807, 2.05) is 18.2 Å². The molecule has 2 aliphatic carbocycles. The number of carbonyl (C=O) groups is 1. The second kappa shape index (κ2) is 5.14. The molecule has 21 heavy (non-hydrogen) atoms. The van der Waals surface area contributed by atoms with Gasteiger partial charge < -0.3 is 4.52 Å². The van der Waals surface area contributed by atoms with Crippen LogP contribution >= 0.6 is 0 Å². The van der Waals surface area contributed by atoms with E-state index >= 15 is 0 Å². The summed E-state index contributed by atoms with van der Waals surface area (Å²) in [4.78, 5) is 12.5. The normalized spacial score (nSPS) is 21.3. The van der Waals surface area contributed by atoms with Crippen molar-refractivity contribution in [3.05, 3.63) is 52.9 Å². The van der Waals surface area contributed by atoms with Crippen molar-refractivity contribution in [1.29, 1.82) is 0 Å². The Balaban J connectivity index is 1.56. The number of carbonyl (C=O) groups excluding carboxylic acids is 1. The van der Waals surface area contributed by atoms with Crippen LogP contribution in [0.4, 0.5) is 0 Å². The van der Waals surface area contributed by atoms with Crippen molar-refractivity contribution in [3.63, 3.8) is 0 Å². The van der Waals surface area contributed by atoms with E-state index in [4.69, 9.17) is 4.52 Å². The average Bonchev–Trinajstić information content (AvgIpc) is 3.20. The number of aromatic nitrogens is 1. The van der Waals surface area contributed by atoms with Crippen LogP contribution in [0.2, 0.25) is 0 Å². The highest BCUT2D eigenvalue weighted by molar-refractivity contribution is 5.99. The topological polar surface area (TPSA) is 43.1 Å². The second-order valence-electron chi connectivity index (χ2n) is 6.47. The van der Waals surface area contributed by atoms with Crippen LogP contribution in [0.1, 0.15) is 53.1 Å². The highest BCUT2D eigenvalue weighted by Crippen LogP contribution is 2.40. The van der Waals surface area contributed by atoms with E-state index < -0.39 is 0 Å². The van der Waals surface area contributed by atoms with Crippen LogP contribution in [-0.4, -0.2) is 10.9 Å². The summed E-state index contributed by atoms with van der Waals surface area (Å²) in [5, 5.41) is 4.19. The molecule has 4 rings (SSSR count). The number of nitrogens with zero attached hydrogens (tertiary/aromatic N) is 1. The van der Waals surface area contributed by atoms with Gasteiger partial charge in [0.1, 0.15) is 0 Å². The monoisotopic (exact) mass is 281 g/mol. The minimum absolute atomic E-state index is 0.231. The van der Waals surface area contributed by atoms with Gasteiger partial charge in [-0.05, 0) is 30.2 Å². The number of fused-ring (bicyclic) bond motifs is 1. The maximum Gasteiger partial charge on any atom is 0.168 e. The van der Waals surface area contributed by atoms with Crippen molar-refractivity contribution in [3.8, 4) is 0 Å².